The molecular formula is C3H2N2O. The minimum atomic E-state index is -0.0799. The fourth-order valence-corrected chi connectivity index (χ4v) is 0.0676. The van der Waals surface area contributed by atoms with E-state index in [9.17, 15) is 0 Å². The van der Waals surface area contributed by atoms with Crippen molar-refractivity contribution < 1.29 is 4.79 Å². The van der Waals surface area contributed by atoms with Gasteiger partial charge in [0.05, 0.1) is 6.07 Å². The highest BCUT2D eigenvalue weighted by Gasteiger charge is 1.62. The molecule has 0 saturated heterocycles. The van der Waals surface area contributed by atoms with E-state index in [0.717, 1.165) is 0 Å². The summed E-state index contributed by atoms with van der Waals surface area (Å²) in [7, 11) is 0. The number of aliphatic imine (C=N–C) groups is 1. The first-order valence-corrected chi connectivity index (χ1v) is 1.32. The van der Waals surface area contributed by atoms with Crippen molar-refractivity contribution in [2.75, 3.05) is 6.54 Å². The molecule has 0 rings (SSSR count). The van der Waals surface area contributed by atoms with E-state index in [1.807, 2.05) is 0 Å². The summed E-state index contributed by atoms with van der Waals surface area (Å²) >= 11 is 0. The molecule has 0 atom stereocenters. The van der Waals surface area contributed by atoms with Crippen molar-refractivity contribution in [2.45, 2.75) is 0 Å². The molecule has 0 fully saturated rings. The Kier molecular flexibility index (Phi) is 3.14. The summed E-state index contributed by atoms with van der Waals surface area (Å²) in [5.74, 6) is 0. The monoisotopic (exact) mass is 82.0 g/mol. The van der Waals surface area contributed by atoms with Crippen LogP contribution in [0.2, 0.25) is 0 Å². The quantitative estimate of drug-likeness (QED) is 0.251. The predicted octanol–water partition coefficient (Wildman–Crippen LogP) is -0.154. The SMILES string of the molecule is N#CCN=C=O. The van der Waals surface area contributed by atoms with Crippen LogP contribution in [0.5, 0.6) is 0 Å². The predicted molar refractivity (Wildman–Crippen MR) is 18.6 cm³/mol. The first-order valence-electron chi connectivity index (χ1n) is 1.32. The molecule has 0 aliphatic carbocycles. The Morgan fingerprint density at radius 2 is 2.50 bits per heavy atom. The Hall–Kier alpha value is -1.13. The first kappa shape index (κ1) is 4.87. The molecule has 0 radical (unpaired) electrons. The van der Waals surface area contributed by atoms with Gasteiger partial charge in [0.15, 0.2) is 0 Å². The van der Waals surface area contributed by atoms with Crippen molar-refractivity contribution in [2.24, 2.45) is 4.99 Å². The van der Waals surface area contributed by atoms with E-state index in [4.69, 9.17) is 10.1 Å². The van der Waals surface area contributed by atoms with Gasteiger partial charge >= 0.3 is 0 Å². The smallest absolute Gasteiger partial charge is 0.211 e. The maximum atomic E-state index is 9.12. The van der Waals surface area contributed by atoms with E-state index < -0.39 is 0 Å². The fraction of sp³-hybridized carbons (Fsp3) is 0.333. The molecule has 0 aromatic rings. The number of rotatable bonds is 1. The second-order valence-corrected chi connectivity index (χ2v) is 0.566. The number of isocyanates is 1. The van der Waals surface area contributed by atoms with Gasteiger partial charge in [-0.1, -0.05) is 0 Å². The number of hydrogen-bond donors (Lipinski definition) is 0. The highest BCUT2D eigenvalue weighted by molar-refractivity contribution is 5.33. The summed E-state index contributed by atoms with van der Waals surface area (Å²) in [4.78, 5) is 12.0. The number of nitriles is 1. The van der Waals surface area contributed by atoms with Crippen LogP contribution in [0.3, 0.4) is 0 Å². The molecule has 30 valence electrons. The standard InChI is InChI=1S/C3H2N2O/c4-1-2-5-3-6/h2H2. The maximum Gasteiger partial charge on any atom is 0.236 e. The molecule has 0 N–H and O–H groups in total. The lowest BCUT2D eigenvalue weighted by atomic mass is 10.8. The lowest BCUT2D eigenvalue weighted by molar-refractivity contribution is 0.564. The van der Waals surface area contributed by atoms with Gasteiger partial charge in [-0.3, -0.25) is 0 Å². The average molecular weight is 82.1 g/mol. The van der Waals surface area contributed by atoms with Crippen LogP contribution in [0, 0.1) is 11.3 Å². The summed E-state index contributed by atoms with van der Waals surface area (Å²) in [6.07, 6.45) is 1.22. The van der Waals surface area contributed by atoms with Crippen molar-refractivity contribution in [1.29, 1.82) is 5.26 Å². The molecule has 0 unspecified atom stereocenters. The third-order valence-electron chi connectivity index (χ3n) is 0.214. The Morgan fingerprint density at radius 3 is 2.67 bits per heavy atom. The lowest BCUT2D eigenvalue weighted by Crippen LogP contribution is -1.64. The van der Waals surface area contributed by atoms with Crippen LogP contribution < -0.4 is 0 Å². The summed E-state index contributed by atoms with van der Waals surface area (Å²) in [5.41, 5.74) is 0. The second-order valence-electron chi connectivity index (χ2n) is 0.566. The molecular weight excluding hydrogens is 80.0 g/mol. The highest BCUT2D eigenvalue weighted by Crippen LogP contribution is 1.54. The van der Waals surface area contributed by atoms with Gasteiger partial charge in [-0.15, -0.1) is 0 Å². The van der Waals surface area contributed by atoms with Gasteiger partial charge in [0.1, 0.15) is 6.54 Å². The van der Waals surface area contributed by atoms with Gasteiger partial charge in [0.2, 0.25) is 6.08 Å². The summed E-state index contributed by atoms with van der Waals surface area (Å²) in [5, 5.41) is 7.67. The molecule has 0 aliphatic rings. The third-order valence-corrected chi connectivity index (χ3v) is 0.214. The maximum absolute atomic E-state index is 9.12. The van der Waals surface area contributed by atoms with Crippen molar-refractivity contribution in [3.8, 4) is 6.07 Å². The van der Waals surface area contributed by atoms with Gasteiger partial charge in [0, 0.05) is 0 Å². The van der Waals surface area contributed by atoms with Crippen LogP contribution in [-0.4, -0.2) is 12.6 Å². The highest BCUT2D eigenvalue weighted by atomic mass is 16.1. The summed E-state index contributed by atoms with van der Waals surface area (Å²) in [6, 6.07) is 1.64. The molecule has 0 aromatic heterocycles. The van der Waals surface area contributed by atoms with Crippen LogP contribution in [0.15, 0.2) is 4.99 Å². The molecule has 0 bridgehead atoms. The number of carbonyl (C=O) groups excluding carboxylic acids is 1. The first-order chi connectivity index (χ1) is 2.91. The van der Waals surface area contributed by atoms with Crippen LogP contribution in [0.4, 0.5) is 0 Å². The van der Waals surface area contributed by atoms with Crippen molar-refractivity contribution in [1.82, 2.24) is 0 Å². The molecule has 3 nitrogen and oxygen atoms in total. The minimum Gasteiger partial charge on any atom is -0.211 e. The number of nitrogens with zero attached hydrogens (tertiary/aromatic N) is 2. The van der Waals surface area contributed by atoms with Gasteiger partial charge < -0.3 is 0 Å². The van der Waals surface area contributed by atoms with E-state index in [1.54, 1.807) is 6.07 Å². The zero-order chi connectivity index (χ0) is 4.83. The van der Waals surface area contributed by atoms with Crippen LogP contribution in [0.1, 0.15) is 0 Å². The van der Waals surface area contributed by atoms with E-state index in [0.29, 0.717) is 0 Å². The topological polar surface area (TPSA) is 53.2 Å². The van der Waals surface area contributed by atoms with E-state index in [2.05, 4.69) is 4.99 Å². The van der Waals surface area contributed by atoms with Crippen molar-refractivity contribution in [3.63, 3.8) is 0 Å². The van der Waals surface area contributed by atoms with Crippen LogP contribution in [-0.2, 0) is 4.79 Å². The van der Waals surface area contributed by atoms with Crippen LogP contribution >= 0.6 is 0 Å². The third kappa shape index (κ3) is 2.87. The number of hydrogen-bond acceptors (Lipinski definition) is 3. The second kappa shape index (κ2) is 3.87. The molecule has 0 aliphatic heterocycles. The summed E-state index contributed by atoms with van der Waals surface area (Å²) in [6.45, 7) is -0.0799. The van der Waals surface area contributed by atoms with E-state index >= 15 is 0 Å². The zero-order valence-corrected chi connectivity index (χ0v) is 3.01. The molecule has 0 spiro atoms. The molecule has 0 heterocycles. The Balaban J connectivity index is 3.16. The van der Waals surface area contributed by atoms with Crippen molar-refractivity contribution >= 4 is 6.08 Å². The largest absolute Gasteiger partial charge is 0.236 e. The molecule has 6 heavy (non-hydrogen) atoms. The molecule has 0 amide bonds. The van der Waals surface area contributed by atoms with Gasteiger partial charge in [-0.2, -0.15) is 10.3 Å². The van der Waals surface area contributed by atoms with E-state index in [-0.39, 0.29) is 6.54 Å². The average Bonchev–Trinajstić information content (AvgIpc) is 1.61. The Morgan fingerprint density at radius 1 is 1.83 bits per heavy atom. The molecule has 3 heteroatoms. The Bertz CT molecular complexity index is 106. The fourth-order valence-electron chi connectivity index (χ4n) is 0.0676. The summed E-state index contributed by atoms with van der Waals surface area (Å²) < 4.78 is 0. The van der Waals surface area contributed by atoms with Crippen LogP contribution in [0.25, 0.3) is 0 Å². The van der Waals surface area contributed by atoms with E-state index in [1.165, 1.54) is 6.08 Å². The van der Waals surface area contributed by atoms with Gasteiger partial charge in [-0.25, -0.2) is 4.79 Å². The Labute approximate surface area is 34.9 Å². The van der Waals surface area contributed by atoms with Gasteiger partial charge in [-0.05, 0) is 0 Å². The molecule has 0 saturated carbocycles. The van der Waals surface area contributed by atoms with Crippen molar-refractivity contribution in [3.05, 3.63) is 0 Å². The lowest BCUT2D eigenvalue weighted by Gasteiger charge is -1.56. The van der Waals surface area contributed by atoms with Gasteiger partial charge in [0.25, 0.3) is 0 Å². The normalized spacial score (nSPS) is 5.17. The molecule has 0 aromatic carbocycles. The minimum absolute atomic E-state index is 0.0799. The zero-order valence-electron chi connectivity index (χ0n) is 3.01.